The number of nitrogen functional groups attached to an aromatic ring is 1. The SMILES string of the molecule is CN(CCc1ccccc1)c1ncnc(N)c1[N+](=O)[O-]. The van der Waals surface area contributed by atoms with Crippen LogP contribution < -0.4 is 10.6 Å². The van der Waals surface area contributed by atoms with Crippen LogP contribution >= 0.6 is 0 Å². The van der Waals surface area contributed by atoms with Gasteiger partial charge in [0.2, 0.25) is 11.6 Å². The first-order chi connectivity index (χ1) is 9.59. The largest absolute Gasteiger partial charge is 0.378 e. The van der Waals surface area contributed by atoms with Gasteiger partial charge in [-0.25, -0.2) is 9.97 Å². The van der Waals surface area contributed by atoms with Crippen molar-refractivity contribution >= 4 is 17.3 Å². The van der Waals surface area contributed by atoms with Crippen molar-refractivity contribution in [1.29, 1.82) is 0 Å². The molecule has 0 bridgehead atoms. The number of benzene rings is 1. The zero-order valence-electron chi connectivity index (χ0n) is 11.1. The quantitative estimate of drug-likeness (QED) is 0.657. The van der Waals surface area contributed by atoms with Gasteiger partial charge in [-0.15, -0.1) is 0 Å². The van der Waals surface area contributed by atoms with Crippen molar-refractivity contribution in [3.05, 3.63) is 52.3 Å². The molecular weight excluding hydrogens is 258 g/mol. The molecule has 0 fully saturated rings. The highest BCUT2D eigenvalue weighted by Gasteiger charge is 2.23. The summed E-state index contributed by atoms with van der Waals surface area (Å²) in [6.07, 6.45) is 2.00. The molecule has 20 heavy (non-hydrogen) atoms. The fraction of sp³-hybridized carbons (Fsp3) is 0.231. The van der Waals surface area contributed by atoms with Crippen LogP contribution in [0.3, 0.4) is 0 Å². The number of nitrogens with two attached hydrogens (primary N) is 1. The Morgan fingerprint density at radius 2 is 2.00 bits per heavy atom. The lowest BCUT2D eigenvalue weighted by atomic mass is 10.1. The second-order valence-electron chi connectivity index (χ2n) is 4.35. The summed E-state index contributed by atoms with van der Waals surface area (Å²) in [7, 11) is 1.75. The lowest BCUT2D eigenvalue weighted by Gasteiger charge is -2.17. The van der Waals surface area contributed by atoms with Gasteiger partial charge in [0.05, 0.1) is 4.92 Å². The summed E-state index contributed by atoms with van der Waals surface area (Å²) < 4.78 is 0. The zero-order valence-corrected chi connectivity index (χ0v) is 11.1. The van der Waals surface area contributed by atoms with Gasteiger partial charge in [-0.2, -0.15) is 0 Å². The Kier molecular flexibility index (Phi) is 4.09. The standard InChI is InChI=1S/C13H15N5O2/c1-17(8-7-10-5-3-2-4-6-10)13-11(18(19)20)12(14)15-9-16-13/h2-6,9H,7-8H2,1H3,(H2,14,15,16). The molecule has 0 aliphatic rings. The molecule has 1 aromatic heterocycles. The van der Waals surface area contributed by atoms with Crippen molar-refractivity contribution in [3.8, 4) is 0 Å². The molecule has 1 heterocycles. The first kappa shape index (κ1) is 13.7. The third kappa shape index (κ3) is 3.00. The van der Waals surface area contributed by atoms with Crippen molar-refractivity contribution in [1.82, 2.24) is 9.97 Å². The summed E-state index contributed by atoms with van der Waals surface area (Å²) >= 11 is 0. The van der Waals surface area contributed by atoms with E-state index < -0.39 is 4.92 Å². The third-order valence-corrected chi connectivity index (χ3v) is 2.95. The predicted octanol–water partition coefficient (Wildman–Crippen LogP) is 1.65. The predicted molar refractivity (Wildman–Crippen MR) is 76.5 cm³/mol. The topological polar surface area (TPSA) is 98.2 Å². The van der Waals surface area contributed by atoms with Crippen LogP contribution in [0.15, 0.2) is 36.7 Å². The van der Waals surface area contributed by atoms with E-state index in [4.69, 9.17) is 5.73 Å². The van der Waals surface area contributed by atoms with E-state index in [2.05, 4.69) is 9.97 Å². The van der Waals surface area contributed by atoms with Crippen LogP contribution in [0.25, 0.3) is 0 Å². The van der Waals surface area contributed by atoms with Crippen LogP contribution in [-0.4, -0.2) is 28.5 Å². The highest BCUT2D eigenvalue weighted by Crippen LogP contribution is 2.28. The van der Waals surface area contributed by atoms with Gasteiger partial charge >= 0.3 is 5.69 Å². The van der Waals surface area contributed by atoms with Crippen molar-refractivity contribution in [3.63, 3.8) is 0 Å². The molecule has 0 spiro atoms. The maximum absolute atomic E-state index is 11.0. The molecule has 7 nitrogen and oxygen atoms in total. The summed E-state index contributed by atoms with van der Waals surface area (Å²) in [5, 5.41) is 11.0. The Hall–Kier alpha value is -2.70. The molecule has 2 aromatic rings. The van der Waals surface area contributed by atoms with Crippen LogP contribution in [0.5, 0.6) is 0 Å². The molecule has 1 aromatic carbocycles. The summed E-state index contributed by atoms with van der Waals surface area (Å²) in [5.41, 5.74) is 6.46. The minimum atomic E-state index is -0.552. The number of nitrogens with zero attached hydrogens (tertiary/aromatic N) is 4. The number of rotatable bonds is 5. The van der Waals surface area contributed by atoms with E-state index in [0.717, 1.165) is 12.0 Å². The Morgan fingerprint density at radius 3 is 2.65 bits per heavy atom. The van der Waals surface area contributed by atoms with Crippen LogP contribution in [-0.2, 0) is 6.42 Å². The van der Waals surface area contributed by atoms with Crippen molar-refractivity contribution in [2.24, 2.45) is 0 Å². The van der Waals surface area contributed by atoms with Crippen LogP contribution in [0.4, 0.5) is 17.3 Å². The maximum Gasteiger partial charge on any atom is 0.353 e. The summed E-state index contributed by atoms with van der Waals surface area (Å²) in [5.74, 6) is 0.116. The van der Waals surface area contributed by atoms with Gasteiger partial charge in [0.25, 0.3) is 0 Å². The van der Waals surface area contributed by atoms with E-state index in [9.17, 15) is 10.1 Å². The minimum absolute atomic E-state index is 0.119. The Bertz CT molecular complexity index is 603. The Labute approximate surface area is 116 Å². The minimum Gasteiger partial charge on any atom is -0.378 e. The molecule has 2 rings (SSSR count). The van der Waals surface area contributed by atoms with Gasteiger partial charge in [0.1, 0.15) is 6.33 Å². The third-order valence-electron chi connectivity index (χ3n) is 2.95. The molecule has 0 aliphatic carbocycles. The summed E-state index contributed by atoms with van der Waals surface area (Å²) in [6.45, 7) is 0.599. The average molecular weight is 273 g/mol. The second kappa shape index (κ2) is 5.96. The molecule has 2 N–H and O–H groups in total. The molecule has 0 saturated heterocycles. The fourth-order valence-corrected chi connectivity index (χ4v) is 1.88. The van der Waals surface area contributed by atoms with E-state index in [-0.39, 0.29) is 17.3 Å². The van der Waals surface area contributed by atoms with Gasteiger partial charge in [0.15, 0.2) is 0 Å². The molecular formula is C13H15N5O2. The molecule has 7 heteroatoms. The molecule has 0 saturated carbocycles. The number of aromatic nitrogens is 2. The van der Waals surface area contributed by atoms with Gasteiger partial charge in [0, 0.05) is 13.6 Å². The monoisotopic (exact) mass is 273 g/mol. The van der Waals surface area contributed by atoms with Gasteiger partial charge in [-0.3, -0.25) is 10.1 Å². The summed E-state index contributed by atoms with van der Waals surface area (Å²) in [6, 6.07) is 9.89. The Morgan fingerprint density at radius 1 is 1.30 bits per heavy atom. The van der Waals surface area contributed by atoms with E-state index in [1.54, 1.807) is 11.9 Å². The van der Waals surface area contributed by atoms with Crippen molar-refractivity contribution in [2.75, 3.05) is 24.2 Å². The van der Waals surface area contributed by atoms with E-state index >= 15 is 0 Å². The molecule has 0 unspecified atom stereocenters. The van der Waals surface area contributed by atoms with E-state index in [1.165, 1.54) is 6.33 Å². The number of nitro groups is 1. The van der Waals surface area contributed by atoms with Crippen LogP contribution in [0, 0.1) is 10.1 Å². The first-order valence-electron chi connectivity index (χ1n) is 6.09. The van der Waals surface area contributed by atoms with Crippen molar-refractivity contribution in [2.45, 2.75) is 6.42 Å². The number of hydrogen-bond donors (Lipinski definition) is 1. The smallest absolute Gasteiger partial charge is 0.353 e. The van der Waals surface area contributed by atoms with Gasteiger partial charge < -0.3 is 10.6 Å². The highest BCUT2D eigenvalue weighted by molar-refractivity contribution is 5.68. The van der Waals surface area contributed by atoms with E-state index in [0.29, 0.717) is 6.54 Å². The number of anilines is 2. The Balaban J connectivity index is 2.15. The number of hydrogen-bond acceptors (Lipinski definition) is 6. The van der Waals surface area contributed by atoms with Crippen molar-refractivity contribution < 1.29 is 4.92 Å². The first-order valence-corrected chi connectivity index (χ1v) is 6.09. The fourth-order valence-electron chi connectivity index (χ4n) is 1.88. The maximum atomic E-state index is 11.0. The zero-order chi connectivity index (χ0) is 14.5. The average Bonchev–Trinajstić information content (AvgIpc) is 2.45. The molecule has 0 amide bonds. The lowest BCUT2D eigenvalue weighted by Crippen LogP contribution is -2.23. The number of likely N-dealkylation sites (N-methyl/N-ethyl adjacent to an activating group) is 1. The lowest BCUT2D eigenvalue weighted by molar-refractivity contribution is -0.383. The molecule has 0 radical (unpaired) electrons. The second-order valence-corrected chi connectivity index (χ2v) is 4.35. The van der Waals surface area contributed by atoms with E-state index in [1.807, 2.05) is 30.3 Å². The molecule has 0 aliphatic heterocycles. The van der Waals surface area contributed by atoms with Crippen LogP contribution in [0.1, 0.15) is 5.56 Å². The summed E-state index contributed by atoms with van der Waals surface area (Å²) in [4.78, 5) is 19.8. The molecule has 0 atom stereocenters. The van der Waals surface area contributed by atoms with Crippen LogP contribution in [0.2, 0.25) is 0 Å². The molecule has 104 valence electrons. The highest BCUT2D eigenvalue weighted by atomic mass is 16.6. The normalized spacial score (nSPS) is 10.2. The van der Waals surface area contributed by atoms with Gasteiger partial charge in [-0.05, 0) is 12.0 Å². The van der Waals surface area contributed by atoms with Gasteiger partial charge in [-0.1, -0.05) is 30.3 Å².